The number of nitrogens with two attached hydrogens (primary N) is 1. The first-order valence-electron chi connectivity index (χ1n) is 13.1. The van der Waals surface area contributed by atoms with Gasteiger partial charge in [-0.3, -0.25) is 9.59 Å². The van der Waals surface area contributed by atoms with Gasteiger partial charge in [-0.1, -0.05) is 17.7 Å². The average molecular weight is 603 g/mol. The number of piperidine rings is 1. The van der Waals surface area contributed by atoms with E-state index in [4.69, 9.17) is 33.5 Å². The Morgan fingerprint density at radius 2 is 1.98 bits per heavy atom. The Balaban J connectivity index is 1.51. The summed E-state index contributed by atoms with van der Waals surface area (Å²) in [6.07, 6.45) is 4.55. The van der Waals surface area contributed by atoms with Crippen LogP contribution >= 0.6 is 35.2 Å². The first kappa shape index (κ1) is 30.1. The third-order valence-corrected chi connectivity index (χ3v) is 8.88. The minimum Gasteiger partial charge on any atom is -0.398 e. The van der Waals surface area contributed by atoms with E-state index < -0.39 is 0 Å². The molecule has 0 atom stereocenters. The third kappa shape index (κ3) is 7.04. The number of carbonyl (C=O) groups is 2. The van der Waals surface area contributed by atoms with E-state index in [0.717, 1.165) is 39.3 Å². The highest BCUT2D eigenvalue weighted by molar-refractivity contribution is 7.98. The van der Waals surface area contributed by atoms with Crippen LogP contribution in [0.15, 0.2) is 41.3 Å². The fraction of sp³-hybridized carbons (Fsp3) is 0.333. The molecule has 4 rings (SSSR count). The maximum atomic E-state index is 12.7. The van der Waals surface area contributed by atoms with E-state index in [0.29, 0.717) is 72.1 Å². The molecule has 0 aliphatic carbocycles. The molecule has 212 valence electrons. The van der Waals surface area contributed by atoms with Crippen molar-refractivity contribution in [1.29, 1.82) is 0 Å². The Labute approximate surface area is 248 Å². The summed E-state index contributed by atoms with van der Waals surface area (Å²) in [5, 5.41) is 10.3. The Bertz CT molecular complexity index is 1410. The topological polar surface area (TPSA) is 109 Å². The van der Waals surface area contributed by atoms with Gasteiger partial charge in [0.2, 0.25) is 5.91 Å². The van der Waals surface area contributed by atoms with Crippen LogP contribution in [0.2, 0.25) is 5.02 Å². The number of nitrogens with zero attached hydrogens (tertiary/aromatic N) is 1. The Morgan fingerprint density at radius 3 is 2.67 bits per heavy atom. The maximum absolute atomic E-state index is 12.7. The number of thioether (sulfide) groups is 1. The summed E-state index contributed by atoms with van der Waals surface area (Å²) in [6, 6.07) is 10.9. The minimum absolute atomic E-state index is 0.0983. The van der Waals surface area contributed by atoms with Crippen molar-refractivity contribution in [3.8, 4) is 5.75 Å². The van der Waals surface area contributed by atoms with Gasteiger partial charge in [-0.15, -0.1) is 11.8 Å². The van der Waals surface area contributed by atoms with Gasteiger partial charge in [0.05, 0.1) is 6.10 Å². The molecular formula is C30H33Cl2N3O4S. The van der Waals surface area contributed by atoms with Crippen molar-refractivity contribution in [3.05, 3.63) is 75.1 Å². The van der Waals surface area contributed by atoms with Gasteiger partial charge >= 0.3 is 0 Å². The zero-order valence-corrected chi connectivity index (χ0v) is 24.8. The molecule has 7 nitrogen and oxygen atoms in total. The number of nitrogens with one attached hydrogen (secondary N) is 1. The number of hydrogen-bond acceptors (Lipinski definition) is 6. The molecule has 0 bridgehead atoms. The standard InChI is InChI=1S/C30H33Cl2N3O4S/c1-18-23(7-9-30(38)35-12-10-21(37)11-13-35)19(2)34-28(18)14-20(16-36)24-15-22(6-8-27(24)33)40-17-25-26(31)4-3-5-29(25)39-32/h3-6,8,14-16,21,34,37H,7,9-13,17,33H2,1-2H3/b20-14+. The lowest BCUT2D eigenvalue weighted by molar-refractivity contribution is -0.133. The number of anilines is 1. The lowest BCUT2D eigenvalue weighted by Gasteiger charge is -2.29. The van der Waals surface area contributed by atoms with Gasteiger partial charge in [0.25, 0.3) is 0 Å². The smallest absolute Gasteiger partial charge is 0.222 e. The predicted molar refractivity (Wildman–Crippen MR) is 163 cm³/mol. The van der Waals surface area contributed by atoms with Gasteiger partial charge in [-0.2, -0.15) is 0 Å². The largest absolute Gasteiger partial charge is 0.398 e. The summed E-state index contributed by atoms with van der Waals surface area (Å²) in [5.41, 5.74) is 12.5. The normalized spacial score (nSPS) is 14.4. The van der Waals surface area contributed by atoms with Crippen molar-refractivity contribution >= 4 is 64.8 Å². The van der Waals surface area contributed by atoms with Gasteiger partial charge < -0.3 is 25.0 Å². The van der Waals surface area contributed by atoms with Crippen LogP contribution in [0, 0.1) is 13.8 Å². The quantitative estimate of drug-likeness (QED) is 0.108. The highest BCUT2D eigenvalue weighted by Gasteiger charge is 2.22. The van der Waals surface area contributed by atoms with Crippen molar-refractivity contribution in [3.63, 3.8) is 0 Å². The van der Waals surface area contributed by atoms with Crippen molar-refractivity contribution in [1.82, 2.24) is 9.88 Å². The minimum atomic E-state index is -0.311. The maximum Gasteiger partial charge on any atom is 0.222 e. The van der Waals surface area contributed by atoms with Crippen molar-refractivity contribution in [2.24, 2.45) is 0 Å². The van der Waals surface area contributed by atoms with E-state index in [1.807, 2.05) is 30.9 Å². The summed E-state index contributed by atoms with van der Waals surface area (Å²) in [6.45, 7) is 5.16. The number of halogens is 2. The predicted octanol–water partition coefficient (Wildman–Crippen LogP) is 6.35. The molecule has 0 spiro atoms. The van der Waals surface area contributed by atoms with Crippen LogP contribution in [-0.2, 0) is 21.8 Å². The van der Waals surface area contributed by atoms with Crippen LogP contribution in [-0.4, -0.2) is 46.4 Å². The first-order chi connectivity index (χ1) is 19.2. The molecule has 40 heavy (non-hydrogen) atoms. The van der Waals surface area contributed by atoms with Crippen LogP contribution in [0.25, 0.3) is 11.6 Å². The summed E-state index contributed by atoms with van der Waals surface area (Å²) >= 11 is 13.5. The molecule has 1 aliphatic rings. The number of allylic oxidation sites excluding steroid dienone is 1. The number of aromatic nitrogens is 1. The molecule has 10 heteroatoms. The molecule has 4 N–H and O–H groups in total. The van der Waals surface area contributed by atoms with E-state index >= 15 is 0 Å². The number of rotatable bonds is 10. The van der Waals surface area contributed by atoms with Gasteiger partial charge in [-0.25, -0.2) is 0 Å². The van der Waals surface area contributed by atoms with Crippen LogP contribution in [0.3, 0.4) is 0 Å². The molecular weight excluding hydrogens is 569 g/mol. The molecule has 0 saturated carbocycles. The number of likely N-dealkylation sites (tertiary alicyclic amines) is 1. The molecule has 1 aromatic heterocycles. The monoisotopic (exact) mass is 601 g/mol. The Hall–Kier alpha value is -2.91. The molecule has 3 aromatic rings. The number of nitrogen functional groups attached to an aromatic ring is 1. The number of aromatic amines is 1. The highest BCUT2D eigenvalue weighted by Crippen LogP contribution is 2.36. The van der Waals surface area contributed by atoms with E-state index in [2.05, 4.69) is 4.98 Å². The second-order valence-corrected chi connectivity index (χ2v) is 11.5. The van der Waals surface area contributed by atoms with E-state index in [9.17, 15) is 14.7 Å². The average Bonchev–Trinajstić information content (AvgIpc) is 3.22. The number of aryl methyl sites for hydroxylation is 1. The van der Waals surface area contributed by atoms with Crippen LogP contribution in [0.1, 0.15) is 52.9 Å². The van der Waals surface area contributed by atoms with Gasteiger partial charge in [0.1, 0.15) is 11.9 Å². The first-order valence-corrected chi connectivity index (χ1v) is 14.8. The summed E-state index contributed by atoms with van der Waals surface area (Å²) < 4.78 is 4.93. The Morgan fingerprint density at radius 1 is 1.23 bits per heavy atom. The lowest BCUT2D eigenvalue weighted by atomic mass is 10.0. The molecule has 1 amide bonds. The Kier molecular flexibility index (Phi) is 10.2. The van der Waals surface area contributed by atoms with Gasteiger partial charge in [0.15, 0.2) is 12.0 Å². The van der Waals surface area contributed by atoms with Gasteiger partial charge in [0, 0.05) is 69.0 Å². The van der Waals surface area contributed by atoms with Crippen molar-refractivity contribution in [2.75, 3.05) is 18.8 Å². The number of carbonyl (C=O) groups excluding carboxylic acids is 2. The molecule has 0 radical (unpaired) electrons. The molecule has 2 aromatic carbocycles. The number of aldehydes is 1. The number of benzene rings is 2. The molecule has 2 heterocycles. The van der Waals surface area contributed by atoms with Gasteiger partial charge in [-0.05, 0) is 80.6 Å². The molecule has 0 unspecified atom stereocenters. The SMILES string of the molecule is Cc1[nH]c(/C=C(\C=O)c2cc(SCc3c(Cl)cccc3OCl)ccc2N)c(C)c1CCC(=O)N1CCC(O)CC1. The van der Waals surface area contributed by atoms with E-state index in [-0.39, 0.29) is 12.0 Å². The molecule has 1 aliphatic heterocycles. The van der Waals surface area contributed by atoms with E-state index in [1.54, 1.807) is 30.3 Å². The highest BCUT2D eigenvalue weighted by atomic mass is 35.5. The molecule has 1 fully saturated rings. The zero-order chi connectivity index (χ0) is 28.8. The number of aliphatic hydroxyl groups is 1. The summed E-state index contributed by atoms with van der Waals surface area (Å²) in [5.74, 6) is 1.11. The second-order valence-electron chi connectivity index (χ2n) is 9.93. The number of amides is 1. The van der Waals surface area contributed by atoms with Crippen LogP contribution in [0.4, 0.5) is 5.69 Å². The summed E-state index contributed by atoms with van der Waals surface area (Å²) in [4.78, 5) is 31.1. The fourth-order valence-electron chi connectivity index (χ4n) is 4.95. The number of H-pyrrole nitrogens is 1. The van der Waals surface area contributed by atoms with Crippen molar-refractivity contribution in [2.45, 2.75) is 56.3 Å². The second kappa shape index (κ2) is 13.6. The third-order valence-electron chi connectivity index (χ3n) is 7.34. The fourth-order valence-corrected chi connectivity index (χ4v) is 6.38. The van der Waals surface area contributed by atoms with Crippen LogP contribution in [0.5, 0.6) is 5.75 Å². The van der Waals surface area contributed by atoms with E-state index in [1.165, 1.54) is 11.8 Å². The lowest BCUT2D eigenvalue weighted by Crippen LogP contribution is -2.40. The zero-order valence-electron chi connectivity index (χ0n) is 22.5. The summed E-state index contributed by atoms with van der Waals surface area (Å²) in [7, 11) is 0. The number of hydrogen-bond donors (Lipinski definition) is 3. The van der Waals surface area contributed by atoms with Crippen molar-refractivity contribution < 1.29 is 19.0 Å². The van der Waals surface area contributed by atoms with Crippen LogP contribution < -0.4 is 10.0 Å². The molecule has 1 saturated heterocycles. The number of aliphatic hydroxyl groups excluding tert-OH is 1.